The van der Waals surface area contributed by atoms with Crippen LogP contribution >= 0.6 is 42.1 Å². The first-order chi connectivity index (χ1) is 13.3. The second kappa shape index (κ2) is 8.77. The van der Waals surface area contributed by atoms with Gasteiger partial charge in [0, 0.05) is 12.4 Å². The van der Waals surface area contributed by atoms with Crippen molar-refractivity contribution in [1.29, 1.82) is 0 Å². The quantitative estimate of drug-likeness (QED) is 0.375. The Morgan fingerprint density at radius 3 is 2.04 bits per heavy atom. The summed E-state index contributed by atoms with van der Waals surface area (Å²) in [6.45, 7) is 0. The molecule has 8 nitrogen and oxygen atoms in total. The Morgan fingerprint density at radius 2 is 1.57 bits per heavy atom. The molecule has 3 aromatic rings. The minimum Gasteiger partial charge on any atom is -0.412 e. The van der Waals surface area contributed by atoms with E-state index in [2.05, 4.69) is 14.7 Å². The standard InChI is InChI=1S/C15H12Cl2N3O5PS2/c16-14-11(4-1-7-18-14)24-26(21,25-12-5-2-8-19-15(12)17)10-20-28(22,23)13-6-3-9-27-13/h1-9,20H,10H2. The summed E-state index contributed by atoms with van der Waals surface area (Å²) in [7, 11) is -8.07. The second-order valence-corrected chi connectivity index (χ2v) is 10.7. The number of halogens is 2. The first-order valence-electron chi connectivity index (χ1n) is 7.51. The largest absolute Gasteiger partial charge is 0.445 e. The lowest BCUT2D eigenvalue weighted by atomic mass is 10.5. The summed E-state index contributed by atoms with van der Waals surface area (Å²) in [5.74, 6) is -0.0781. The predicted octanol–water partition coefficient (Wildman–Crippen LogP) is 4.43. The maximum Gasteiger partial charge on any atom is 0.445 e. The van der Waals surface area contributed by atoms with Gasteiger partial charge in [-0.05, 0) is 35.7 Å². The molecule has 0 aliphatic heterocycles. The van der Waals surface area contributed by atoms with E-state index in [0.29, 0.717) is 0 Å². The van der Waals surface area contributed by atoms with Crippen molar-refractivity contribution >= 4 is 52.2 Å². The van der Waals surface area contributed by atoms with Gasteiger partial charge in [0.05, 0.1) is 0 Å². The summed E-state index contributed by atoms with van der Waals surface area (Å²) in [5.41, 5.74) is 0. The molecule has 0 radical (unpaired) electrons. The molecular formula is C15H12Cl2N3O5PS2. The Kier molecular flexibility index (Phi) is 6.59. The van der Waals surface area contributed by atoms with Gasteiger partial charge in [0.2, 0.25) is 0 Å². The molecule has 28 heavy (non-hydrogen) atoms. The zero-order chi connectivity index (χ0) is 20.2. The smallest absolute Gasteiger partial charge is 0.412 e. The van der Waals surface area contributed by atoms with Crippen molar-refractivity contribution in [2.75, 3.05) is 6.29 Å². The number of rotatable bonds is 8. The van der Waals surface area contributed by atoms with Crippen LogP contribution in [0.15, 0.2) is 58.4 Å². The molecule has 3 heterocycles. The normalized spacial score (nSPS) is 11.9. The first-order valence-corrected chi connectivity index (χ1v) is 12.4. The second-order valence-electron chi connectivity index (χ2n) is 5.12. The van der Waals surface area contributed by atoms with Gasteiger partial charge >= 0.3 is 7.60 Å². The van der Waals surface area contributed by atoms with E-state index in [1.165, 1.54) is 42.7 Å². The lowest BCUT2D eigenvalue weighted by Crippen LogP contribution is -2.26. The molecule has 0 saturated carbocycles. The highest BCUT2D eigenvalue weighted by atomic mass is 35.5. The molecule has 0 spiro atoms. The molecule has 0 atom stereocenters. The van der Waals surface area contributed by atoms with Crippen molar-refractivity contribution in [2.45, 2.75) is 4.21 Å². The van der Waals surface area contributed by atoms with Crippen LogP contribution in [0.3, 0.4) is 0 Å². The molecule has 1 N–H and O–H groups in total. The van der Waals surface area contributed by atoms with E-state index >= 15 is 0 Å². The minimum atomic E-state index is -4.15. The zero-order valence-electron chi connectivity index (χ0n) is 13.9. The number of nitrogens with one attached hydrogen (secondary N) is 1. The number of aromatic nitrogens is 2. The van der Waals surface area contributed by atoms with E-state index in [9.17, 15) is 13.0 Å². The monoisotopic (exact) mass is 479 g/mol. The van der Waals surface area contributed by atoms with Crippen LogP contribution in [-0.2, 0) is 14.6 Å². The summed E-state index contributed by atoms with van der Waals surface area (Å²) in [5, 5.41) is 1.47. The molecular weight excluding hydrogens is 468 g/mol. The van der Waals surface area contributed by atoms with Crippen molar-refractivity contribution < 1.29 is 22.0 Å². The molecule has 3 rings (SSSR count). The Bertz CT molecular complexity index is 1060. The van der Waals surface area contributed by atoms with E-state index in [1.807, 2.05) is 0 Å². The van der Waals surface area contributed by atoms with Gasteiger partial charge in [-0.15, -0.1) is 11.3 Å². The Balaban J connectivity index is 1.89. The predicted molar refractivity (Wildman–Crippen MR) is 107 cm³/mol. The third-order valence-corrected chi connectivity index (χ3v) is 8.21. The molecule has 0 aliphatic rings. The van der Waals surface area contributed by atoms with Crippen LogP contribution in [0.2, 0.25) is 10.3 Å². The lowest BCUT2D eigenvalue weighted by Gasteiger charge is -2.20. The van der Waals surface area contributed by atoms with Crippen molar-refractivity contribution in [3.63, 3.8) is 0 Å². The summed E-state index contributed by atoms with van der Waals surface area (Å²) in [4.78, 5) is 7.65. The van der Waals surface area contributed by atoms with Crippen LogP contribution in [0.1, 0.15) is 0 Å². The fourth-order valence-electron chi connectivity index (χ4n) is 1.91. The average Bonchev–Trinajstić information content (AvgIpc) is 3.20. The average molecular weight is 480 g/mol. The van der Waals surface area contributed by atoms with Gasteiger partial charge in [0.1, 0.15) is 10.5 Å². The minimum absolute atomic E-state index is 0.0390. The van der Waals surface area contributed by atoms with Crippen LogP contribution in [-0.4, -0.2) is 24.7 Å². The summed E-state index contributed by atoms with van der Waals surface area (Å²) >= 11 is 12.9. The maximum atomic E-state index is 13.3. The zero-order valence-corrected chi connectivity index (χ0v) is 17.9. The molecule has 0 fully saturated rings. The van der Waals surface area contributed by atoms with Crippen LogP contribution in [0.4, 0.5) is 0 Å². The van der Waals surface area contributed by atoms with Crippen LogP contribution in [0, 0.1) is 0 Å². The third-order valence-electron chi connectivity index (χ3n) is 3.13. The number of pyridine rings is 2. The van der Waals surface area contributed by atoms with Crippen LogP contribution in [0.25, 0.3) is 0 Å². The van der Waals surface area contributed by atoms with Gasteiger partial charge in [0.15, 0.2) is 21.8 Å². The molecule has 0 aliphatic carbocycles. The first kappa shape index (κ1) is 21.0. The highest BCUT2D eigenvalue weighted by molar-refractivity contribution is 7.91. The third kappa shape index (κ3) is 5.22. The van der Waals surface area contributed by atoms with Crippen molar-refractivity contribution in [2.24, 2.45) is 0 Å². The number of hydrogen-bond donors (Lipinski definition) is 1. The van der Waals surface area contributed by atoms with E-state index in [4.69, 9.17) is 32.2 Å². The maximum absolute atomic E-state index is 13.3. The van der Waals surface area contributed by atoms with Crippen molar-refractivity contribution in [1.82, 2.24) is 14.7 Å². The Labute approximate surface area is 175 Å². The Hall–Kier alpha value is -1.68. The van der Waals surface area contributed by atoms with E-state index in [0.717, 1.165) is 11.3 Å². The van der Waals surface area contributed by atoms with E-state index in [1.54, 1.807) is 11.4 Å². The number of hydrogen-bond acceptors (Lipinski definition) is 8. The molecule has 0 aromatic carbocycles. The van der Waals surface area contributed by atoms with Gasteiger partial charge in [-0.25, -0.2) is 23.0 Å². The van der Waals surface area contributed by atoms with E-state index < -0.39 is 23.9 Å². The van der Waals surface area contributed by atoms with Gasteiger partial charge in [-0.1, -0.05) is 29.3 Å². The SMILES string of the molecule is O=P(CNS(=O)(=O)c1cccs1)(Oc1cccnc1Cl)Oc1cccnc1Cl. The molecule has 148 valence electrons. The van der Waals surface area contributed by atoms with Gasteiger partial charge in [0.25, 0.3) is 10.0 Å². The molecule has 0 bridgehead atoms. The molecule has 0 amide bonds. The fraction of sp³-hybridized carbons (Fsp3) is 0.0667. The lowest BCUT2D eigenvalue weighted by molar-refractivity contribution is 0.383. The van der Waals surface area contributed by atoms with Crippen molar-refractivity contribution in [3.8, 4) is 11.5 Å². The summed E-state index contributed by atoms with van der Waals surface area (Å²) < 4.78 is 51.2. The number of nitrogens with zero attached hydrogens (tertiary/aromatic N) is 2. The molecule has 0 saturated heterocycles. The highest BCUT2D eigenvalue weighted by Crippen LogP contribution is 2.50. The van der Waals surface area contributed by atoms with Crippen molar-refractivity contribution in [3.05, 3.63) is 64.5 Å². The molecule has 13 heteroatoms. The fourth-order valence-corrected chi connectivity index (χ4v) is 6.41. The summed E-state index contributed by atoms with van der Waals surface area (Å²) in [6.07, 6.45) is 2.15. The van der Waals surface area contributed by atoms with Gasteiger partial charge < -0.3 is 9.05 Å². The topological polar surface area (TPSA) is 107 Å². The van der Waals surface area contributed by atoms with Gasteiger partial charge in [-0.2, -0.15) is 4.72 Å². The Morgan fingerprint density at radius 1 is 1.00 bits per heavy atom. The molecule has 0 unspecified atom stereocenters. The van der Waals surface area contributed by atoms with E-state index in [-0.39, 0.29) is 26.0 Å². The van der Waals surface area contributed by atoms with Gasteiger partial charge in [-0.3, -0.25) is 0 Å². The number of thiophene rings is 1. The summed E-state index contributed by atoms with van der Waals surface area (Å²) in [6, 6.07) is 8.86. The number of sulfonamides is 1. The highest BCUT2D eigenvalue weighted by Gasteiger charge is 2.33. The molecule has 3 aromatic heterocycles. The van der Waals surface area contributed by atoms with Crippen LogP contribution in [0.5, 0.6) is 11.5 Å². The van der Waals surface area contributed by atoms with Crippen LogP contribution < -0.4 is 13.8 Å².